The monoisotopic (exact) mass is 277 g/mol. The van der Waals surface area contributed by atoms with Crippen molar-refractivity contribution in [3.63, 3.8) is 0 Å². The van der Waals surface area contributed by atoms with Crippen LogP contribution in [-0.4, -0.2) is 83.1 Å². The number of nitrogens with zero attached hydrogens (tertiary/aromatic N) is 2. The summed E-state index contributed by atoms with van der Waals surface area (Å²) < 4.78 is 22.6. The lowest BCUT2D eigenvalue weighted by Crippen LogP contribution is -2.37. The molecule has 18 heavy (non-hydrogen) atoms. The van der Waals surface area contributed by atoms with Crippen molar-refractivity contribution < 1.29 is 8.42 Å². The lowest BCUT2D eigenvalue weighted by Gasteiger charge is -2.19. The smallest absolute Gasteiger partial charge is 0.151 e. The molecule has 0 aromatic heterocycles. The molecule has 1 aliphatic rings. The SMILES string of the molecule is CN(C)CCCN(C)CCNC1CCS(=O)(=O)C1. The van der Waals surface area contributed by atoms with Crippen molar-refractivity contribution in [2.24, 2.45) is 0 Å². The van der Waals surface area contributed by atoms with E-state index in [1.807, 2.05) is 0 Å². The molecule has 0 amide bonds. The third-order valence-corrected chi connectivity index (χ3v) is 5.07. The Morgan fingerprint density at radius 3 is 2.44 bits per heavy atom. The summed E-state index contributed by atoms with van der Waals surface area (Å²) in [5.41, 5.74) is 0. The normalized spacial score (nSPS) is 23.1. The minimum absolute atomic E-state index is 0.171. The van der Waals surface area contributed by atoms with E-state index in [2.05, 4.69) is 36.3 Å². The zero-order chi connectivity index (χ0) is 13.6. The Balaban J connectivity index is 2.04. The maximum Gasteiger partial charge on any atom is 0.151 e. The second kappa shape index (κ2) is 7.43. The predicted octanol–water partition coefficient (Wildman–Crippen LogP) is -0.353. The van der Waals surface area contributed by atoms with Gasteiger partial charge in [0.25, 0.3) is 0 Å². The van der Waals surface area contributed by atoms with Crippen LogP contribution in [0.4, 0.5) is 0 Å². The first-order chi connectivity index (χ1) is 8.39. The predicted molar refractivity (Wildman–Crippen MR) is 75.7 cm³/mol. The molecule has 108 valence electrons. The zero-order valence-electron chi connectivity index (χ0n) is 11.9. The van der Waals surface area contributed by atoms with Crippen molar-refractivity contribution in [1.29, 1.82) is 0 Å². The molecular weight excluding hydrogens is 250 g/mol. The van der Waals surface area contributed by atoms with Crippen LogP contribution in [0.15, 0.2) is 0 Å². The molecule has 0 radical (unpaired) electrons. The third kappa shape index (κ3) is 6.68. The van der Waals surface area contributed by atoms with Gasteiger partial charge in [0.05, 0.1) is 11.5 Å². The summed E-state index contributed by atoms with van der Waals surface area (Å²) in [5, 5.41) is 3.34. The number of likely N-dealkylation sites (N-methyl/N-ethyl adjacent to an activating group) is 1. The van der Waals surface area contributed by atoms with Gasteiger partial charge in [-0.05, 0) is 47.1 Å². The van der Waals surface area contributed by atoms with Gasteiger partial charge in [0.2, 0.25) is 0 Å². The average molecular weight is 277 g/mol. The minimum Gasteiger partial charge on any atom is -0.312 e. The number of rotatable bonds is 8. The average Bonchev–Trinajstić information content (AvgIpc) is 2.57. The van der Waals surface area contributed by atoms with Gasteiger partial charge in [0.1, 0.15) is 0 Å². The molecule has 6 heteroatoms. The van der Waals surface area contributed by atoms with Gasteiger partial charge < -0.3 is 15.1 Å². The highest BCUT2D eigenvalue weighted by Gasteiger charge is 2.26. The number of hydrogen-bond donors (Lipinski definition) is 1. The number of nitrogens with one attached hydrogen (secondary N) is 1. The summed E-state index contributed by atoms with van der Waals surface area (Å²) in [7, 11) is 3.53. The van der Waals surface area contributed by atoms with Gasteiger partial charge in [0, 0.05) is 19.1 Å². The first kappa shape index (κ1) is 15.9. The maximum absolute atomic E-state index is 11.3. The Hall–Kier alpha value is -0.170. The van der Waals surface area contributed by atoms with Crippen LogP contribution in [0.1, 0.15) is 12.8 Å². The van der Waals surface area contributed by atoms with Gasteiger partial charge in [-0.2, -0.15) is 0 Å². The van der Waals surface area contributed by atoms with Crippen LogP contribution in [0, 0.1) is 0 Å². The molecule has 1 unspecified atom stereocenters. The van der Waals surface area contributed by atoms with Crippen molar-refractivity contribution in [1.82, 2.24) is 15.1 Å². The molecule has 1 rings (SSSR count). The van der Waals surface area contributed by atoms with E-state index in [9.17, 15) is 8.42 Å². The summed E-state index contributed by atoms with van der Waals surface area (Å²) in [4.78, 5) is 4.48. The summed E-state index contributed by atoms with van der Waals surface area (Å²) in [5.74, 6) is 0.667. The molecule has 0 aliphatic carbocycles. The van der Waals surface area contributed by atoms with Gasteiger partial charge in [-0.3, -0.25) is 0 Å². The van der Waals surface area contributed by atoms with Crippen LogP contribution in [0.25, 0.3) is 0 Å². The Kier molecular flexibility index (Phi) is 6.55. The van der Waals surface area contributed by atoms with Crippen LogP contribution in [0.3, 0.4) is 0 Å². The van der Waals surface area contributed by atoms with Gasteiger partial charge in [-0.1, -0.05) is 0 Å². The molecule has 1 saturated heterocycles. The van der Waals surface area contributed by atoms with E-state index in [1.165, 1.54) is 6.42 Å². The lowest BCUT2D eigenvalue weighted by atomic mass is 10.2. The molecule has 1 heterocycles. The van der Waals surface area contributed by atoms with E-state index in [-0.39, 0.29) is 6.04 Å². The van der Waals surface area contributed by atoms with Crippen LogP contribution in [0.5, 0.6) is 0 Å². The molecule has 0 spiro atoms. The van der Waals surface area contributed by atoms with Crippen LogP contribution in [-0.2, 0) is 9.84 Å². The van der Waals surface area contributed by atoms with E-state index in [1.54, 1.807) is 0 Å². The van der Waals surface area contributed by atoms with E-state index in [4.69, 9.17) is 0 Å². The summed E-state index contributed by atoms with van der Waals surface area (Å²) in [6.07, 6.45) is 1.94. The number of hydrogen-bond acceptors (Lipinski definition) is 5. The molecule has 1 N–H and O–H groups in total. The van der Waals surface area contributed by atoms with E-state index in [0.717, 1.165) is 32.6 Å². The Bertz CT molecular complexity index is 330. The van der Waals surface area contributed by atoms with Crippen LogP contribution < -0.4 is 5.32 Å². The van der Waals surface area contributed by atoms with Crippen molar-refractivity contribution >= 4 is 9.84 Å². The van der Waals surface area contributed by atoms with Crippen molar-refractivity contribution in [3.05, 3.63) is 0 Å². The molecule has 0 saturated carbocycles. The van der Waals surface area contributed by atoms with Crippen LogP contribution >= 0.6 is 0 Å². The third-order valence-electron chi connectivity index (χ3n) is 3.30. The minimum atomic E-state index is -2.75. The standard InChI is InChI=1S/C12H27N3O2S/c1-14(2)7-4-8-15(3)9-6-13-12-5-10-18(16,17)11-12/h12-13H,4-11H2,1-3H3. The van der Waals surface area contributed by atoms with Crippen molar-refractivity contribution in [3.8, 4) is 0 Å². The largest absolute Gasteiger partial charge is 0.312 e. The molecule has 1 atom stereocenters. The summed E-state index contributed by atoms with van der Waals surface area (Å²) in [6, 6.07) is 0.171. The molecule has 0 aromatic carbocycles. The molecular formula is C12H27N3O2S. The first-order valence-electron chi connectivity index (χ1n) is 6.66. The highest BCUT2D eigenvalue weighted by atomic mass is 32.2. The van der Waals surface area contributed by atoms with Crippen LogP contribution in [0.2, 0.25) is 0 Å². The molecule has 1 aliphatic heterocycles. The highest BCUT2D eigenvalue weighted by molar-refractivity contribution is 7.91. The highest BCUT2D eigenvalue weighted by Crippen LogP contribution is 2.10. The molecule has 0 bridgehead atoms. The Labute approximate surface area is 111 Å². The maximum atomic E-state index is 11.3. The van der Waals surface area contributed by atoms with Crippen molar-refractivity contribution in [2.45, 2.75) is 18.9 Å². The zero-order valence-corrected chi connectivity index (χ0v) is 12.7. The first-order valence-corrected chi connectivity index (χ1v) is 8.48. The van der Waals surface area contributed by atoms with Gasteiger partial charge >= 0.3 is 0 Å². The van der Waals surface area contributed by atoms with Gasteiger partial charge in [-0.25, -0.2) is 8.42 Å². The van der Waals surface area contributed by atoms with Crippen molar-refractivity contribution in [2.75, 3.05) is 58.8 Å². The number of sulfone groups is 1. The molecule has 1 fully saturated rings. The Morgan fingerprint density at radius 2 is 1.89 bits per heavy atom. The van der Waals surface area contributed by atoms with Gasteiger partial charge in [-0.15, -0.1) is 0 Å². The fourth-order valence-corrected chi connectivity index (χ4v) is 3.89. The van der Waals surface area contributed by atoms with E-state index in [0.29, 0.717) is 11.5 Å². The molecule has 0 aromatic rings. The molecule has 5 nitrogen and oxygen atoms in total. The fraction of sp³-hybridized carbons (Fsp3) is 1.00. The fourth-order valence-electron chi connectivity index (χ4n) is 2.18. The summed E-state index contributed by atoms with van der Waals surface area (Å²) in [6.45, 7) is 4.05. The van der Waals surface area contributed by atoms with Gasteiger partial charge in [0.15, 0.2) is 9.84 Å². The quantitative estimate of drug-likeness (QED) is 0.657. The summed E-state index contributed by atoms with van der Waals surface area (Å²) >= 11 is 0. The van der Waals surface area contributed by atoms with E-state index < -0.39 is 9.84 Å². The second-order valence-corrected chi connectivity index (χ2v) is 7.74. The lowest BCUT2D eigenvalue weighted by molar-refractivity contribution is 0.296. The van der Waals surface area contributed by atoms with E-state index >= 15 is 0 Å². The topological polar surface area (TPSA) is 52.6 Å². The Morgan fingerprint density at radius 1 is 1.17 bits per heavy atom. The second-order valence-electron chi connectivity index (χ2n) is 5.51.